The molecule has 132 valence electrons. The molecule has 5 nitrogen and oxygen atoms in total. The van der Waals surface area contributed by atoms with Gasteiger partial charge in [0.1, 0.15) is 5.75 Å². The molecule has 1 aromatic rings. The number of piperidine rings is 1. The van der Waals surface area contributed by atoms with Crippen LogP contribution >= 0.6 is 0 Å². The molecule has 0 aliphatic carbocycles. The summed E-state index contributed by atoms with van der Waals surface area (Å²) in [5.41, 5.74) is 0.906. The van der Waals surface area contributed by atoms with Gasteiger partial charge >= 0.3 is 5.97 Å². The highest BCUT2D eigenvalue weighted by atomic mass is 16.5. The summed E-state index contributed by atoms with van der Waals surface area (Å²) in [5, 5.41) is 8.82. The Morgan fingerprint density at radius 3 is 2.79 bits per heavy atom. The Hall–Kier alpha value is -2.04. The maximum atomic E-state index is 12.6. The average molecular weight is 333 g/mol. The van der Waals surface area contributed by atoms with Crippen LogP contribution in [0, 0.1) is 5.92 Å². The molecule has 1 fully saturated rings. The number of likely N-dealkylation sites (tertiary alicyclic amines) is 1. The van der Waals surface area contributed by atoms with Crippen molar-refractivity contribution in [1.29, 1.82) is 0 Å². The summed E-state index contributed by atoms with van der Waals surface area (Å²) in [4.78, 5) is 25.3. The maximum Gasteiger partial charge on any atom is 0.303 e. The van der Waals surface area contributed by atoms with E-state index in [-0.39, 0.29) is 18.4 Å². The molecule has 1 aliphatic heterocycles. The van der Waals surface area contributed by atoms with Crippen LogP contribution in [0.2, 0.25) is 0 Å². The maximum absolute atomic E-state index is 12.6. The molecule has 0 radical (unpaired) electrons. The fraction of sp³-hybridized carbons (Fsp3) is 0.579. The Bertz CT molecular complexity index is 570. The van der Waals surface area contributed by atoms with Crippen LogP contribution in [0.3, 0.4) is 0 Å². The Labute approximate surface area is 143 Å². The van der Waals surface area contributed by atoms with E-state index >= 15 is 0 Å². The van der Waals surface area contributed by atoms with Gasteiger partial charge in [0.05, 0.1) is 12.5 Å². The minimum Gasteiger partial charge on any atom is -0.491 e. The zero-order chi connectivity index (χ0) is 17.5. The highest BCUT2D eigenvalue weighted by Gasteiger charge is 2.24. The second kappa shape index (κ2) is 8.71. The number of ether oxygens (including phenoxy) is 1. The first-order chi connectivity index (χ1) is 11.5. The summed E-state index contributed by atoms with van der Waals surface area (Å²) in [6.45, 7) is 5.36. The molecule has 1 aliphatic rings. The molecule has 1 saturated heterocycles. The largest absolute Gasteiger partial charge is 0.491 e. The fourth-order valence-electron chi connectivity index (χ4n) is 3.15. The van der Waals surface area contributed by atoms with Crippen molar-refractivity contribution in [2.75, 3.05) is 13.1 Å². The lowest BCUT2D eigenvalue weighted by Crippen LogP contribution is -2.40. The number of carboxylic acid groups (broad SMARTS) is 1. The summed E-state index contributed by atoms with van der Waals surface area (Å²) in [6.07, 6.45) is 3.17. The van der Waals surface area contributed by atoms with E-state index in [2.05, 4.69) is 0 Å². The van der Waals surface area contributed by atoms with Gasteiger partial charge in [-0.25, -0.2) is 0 Å². The molecule has 0 saturated carbocycles. The number of aliphatic carboxylic acids is 1. The van der Waals surface area contributed by atoms with Crippen LogP contribution in [0.25, 0.3) is 0 Å². The average Bonchev–Trinajstić information content (AvgIpc) is 2.54. The standard InChI is InChI=1S/C19H27NO4/c1-14(2)24-17-8-4-3-7-16(17)12-18(21)20-11-5-6-15(13-20)9-10-19(22)23/h3-4,7-8,14-15H,5-6,9-13H2,1-2H3,(H,22,23)/t15-/m0/s1. The van der Waals surface area contributed by atoms with Gasteiger partial charge in [0.15, 0.2) is 0 Å². The lowest BCUT2D eigenvalue weighted by molar-refractivity contribution is -0.137. The molecule has 0 unspecified atom stereocenters. The number of hydrogen-bond donors (Lipinski definition) is 1. The van der Waals surface area contributed by atoms with Gasteiger partial charge in [0.25, 0.3) is 0 Å². The first-order valence-corrected chi connectivity index (χ1v) is 8.70. The lowest BCUT2D eigenvalue weighted by Gasteiger charge is -2.33. The summed E-state index contributed by atoms with van der Waals surface area (Å²) < 4.78 is 5.78. The molecule has 1 aromatic carbocycles. The van der Waals surface area contributed by atoms with Crippen molar-refractivity contribution in [2.45, 2.75) is 52.1 Å². The molecule has 1 atom stereocenters. The van der Waals surface area contributed by atoms with Crippen molar-refractivity contribution in [3.05, 3.63) is 29.8 Å². The predicted octanol–water partition coefficient (Wildman–Crippen LogP) is 3.12. The normalized spacial score (nSPS) is 17.8. The molecule has 0 spiro atoms. The predicted molar refractivity (Wildman–Crippen MR) is 92.1 cm³/mol. The third-order valence-electron chi connectivity index (χ3n) is 4.32. The molecule has 1 N–H and O–H groups in total. The first kappa shape index (κ1) is 18.3. The van der Waals surface area contributed by atoms with E-state index < -0.39 is 5.97 Å². The van der Waals surface area contributed by atoms with Gasteiger partial charge in [-0.05, 0) is 45.1 Å². The minimum atomic E-state index is -0.766. The summed E-state index contributed by atoms with van der Waals surface area (Å²) in [7, 11) is 0. The van der Waals surface area contributed by atoms with Crippen molar-refractivity contribution >= 4 is 11.9 Å². The van der Waals surface area contributed by atoms with E-state index in [0.717, 1.165) is 30.7 Å². The Morgan fingerprint density at radius 1 is 1.33 bits per heavy atom. The number of hydrogen-bond acceptors (Lipinski definition) is 3. The zero-order valence-electron chi connectivity index (χ0n) is 14.5. The molecule has 1 amide bonds. The van der Waals surface area contributed by atoms with Gasteiger partial charge in [-0.2, -0.15) is 0 Å². The molecular formula is C19H27NO4. The van der Waals surface area contributed by atoms with Crippen molar-refractivity contribution < 1.29 is 19.4 Å². The molecule has 0 bridgehead atoms. The van der Waals surface area contributed by atoms with Crippen molar-refractivity contribution in [3.63, 3.8) is 0 Å². The van der Waals surface area contributed by atoms with Crippen LogP contribution in [0.1, 0.15) is 45.1 Å². The first-order valence-electron chi connectivity index (χ1n) is 8.70. The van der Waals surface area contributed by atoms with Gasteiger partial charge in [-0.1, -0.05) is 18.2 Å². The SMILES string of the molecule is CC(C)Oc1ccccc1CC(=O)N1CCC[C@@H](CCC(=O)O)C1. The number of carboxylic acids is 1. The quantitative estimate of drug-likeness (QED) is 0.832. The Balaban J connectivity index is 1.95. The van der Waals surface area contributed by atoms with E-state index in [1.165, 1.54) is 0 Å². The molecule has 1 heterocycles. The van der Waals surface area contributed by atoms with Gasteiger partial charge in [0.2, 0.25) is 5.91 Å². The van der Waals surface area contributed by atoms with Crippen molar-refractivity contribution in [2.24, 2.45) is 5.92 Å². The van der Waals surface area contributed by atoms with E-state index in [0.29, 0.717) is 25.3 Å². The number of para-hydroxylation sites is 1. The molecule has 2 rings (SSSR count). The summed E-state index contributed by atoms with van der Waals surface area (Å²) in [5.74, 6) is 0.384. The molecule has 24 heavy (non-hydrogen) atoms. The Kier molecular flexibility index (Phi) is 6.64. The second-order valence-electron chi connectivity index (χ2n) is 6.73. The number of rotatable bonds is 7. The van der Waals surface area contributed by atoms with E-state index in [9.17, 15) is 9.59 Å². The third-order valence-corrected chi connectivity index (χ3v) is 4.32. The number of carbonyl (C=O) groups excluding carboxylic acids is 1. The smallest absolute Gasteiger partial charge is 0.303 e. The second-order valence-corrected chi connectivity index (χ2v) is 6.73. The van der Waals surface area contributed by atoms with Crippen LogP contribution in [-0.4, -0.2) is 41.1 Å². The monoisotopic (exact) mass is 333 g/mol. The van der Waals surface area contributed by atoms with Crippen LogP contribution in [0.5, 0.6) is 5.75 Å². The van der Waals surface area contributed by atoms with E-state index in [1.54, 1.807) is 0 Å². The molecule has 0 aromatic heterocycles. The summed E-state index contributed by atoms with van der Waals surface area (Å²) in [6, 6.07) is 7.66. The highest BCUT2D eigenvalue weighted by molar-refractivity contribution is 5.79. The number of amides is 1. The van der Waals surface area contributed by atoms with Gasteiger partial charge in [0, 0.05) is 25.1 Å². The van der Waals surface area contributed by atoms with Crippen LogP contribution in [0.15, 0.2) is 24.3 Å². The zero-order valence-corrected chi connectivity index (χ0v) is 14.5. The Morgan fingerprint density at radius 2 is 2.08 bits per heavy atom. The van der Waals surface area contributed by atoms with Gasteiger partial charge < -0.3 is 14.7 Å². The molecule has 5 heteroatoms. The van der Waals surface area contributed by atoms with E-state index in [4.69, 9.17) is 9.84 Å². The minimum absolute atomic E-state index is 0.0663. The number of nitrogens with zero attached hydrogens (tertiary/aromatic N) is 1. The highest BCUT2D eigenvalue weighted by Crippen LogP contribution is 2.24. The number of carbonyl (C=O) groups is 2. The van der Waals surface area contributed by atoms with Crippen molar-refractivity contribution in [1.82, 2.24) is 4.90 Å². The van der Waals surface area contributed by atoms with Crippen LogP contribution < -0.4 is 4.74 Å². The van der Waals surface area contributed by atoms with Crippen LogP contribution in [0.4, 0.5) is 0 Å². The summed E-state index contributed by atoms with van der Waals surface area (Å²) >= 11 is 0. The topological polar surface area (TPSA) is 66.8 Å². The molecular weight excluding hydrogens is 306 g/mol. The van der Waals surface area contributed by atoms with Gasteiger partial charge in [-0.15, -0.1) is 0 Å². The fourth-order valence-corrected chi connectivity index (χ4v) is 3.15. The third kappa shape index (κ3) is 5.55. The lowest BCUT2D eigenvalue weighted by atomic mass is 9.93. The van der Waals surface area contributed by atoms with E-state index in [1.807, 2.05) is 43.0 Å². The van der Waals surface area contributed by atoms with Crippen molar-refractivity contribution in [3.8, 4) is 5.75 Å². The van der Waals surface area contributed by atoms with Gasteiger partial charge in [-0.3, -0.25) is 9.59 Å². The number of benzene rings is 1. The van der Waals surface area contributed by atoms with Crippen LogP contribution in [-0.2, 0) is 16.0 Å².